The van der Waals surface area contributed by atoms with E-state index in [1.165, 1.54) is 12.1 Å². The molecule has 2 rings (SSSR count). The van der Waals surface area contributed by atoms with Crippen molar-refractivity contribution in [2.75, 3.05) is 0 Å². The van der Waals surface area contributed by atoms with Crippen molar-refractivity contribution < 1.29 is 13.2 Å². The largest absolute Gasteiger partial charge is 0.416 e. The molecule has 20 heavy (non-hydrogen) atoms. The van der Waals surface area contributed by atoms with E-state index in [0.717, 1.165) is 23.3 Å². The lowest BCUT2D eigenvalue weighted by atomic mass is 10.1. The fourth-order valence-electron chi connectivity index (χ4n) is 1.85. The highest BCUT2D eigenvalue weighted by atomic mass is 19.4. The highest BCUT2D eigenvalue weighted by Gasteiger charge is 2.29. The van der Waals surface area contributed by atoms with Crippen LogP contribution in [0.15, 0.2) is 48.8 Å². The average molecular weight is 280 g/mol. The molecule has 5 heteroatoms. The molecule has 1 unspecified atom stereocenters. The van der Waals surface area contributed by atoms with Gasteiger partial charge in [0.05, 0.1) is 5.56 Å². The van der Waals surface area contributed by atoms with Crippen LogP contribution in [-0.2, 0) is 12.7 Å². The Bertz CT molecular complexity index is 535. The molecule has 1 N–H and O–H groups in total. The van der Waals surface area contributed by atoms with Crippen molar-refractivity contribution >= 4 is 0 Å². The van der Waals surface area contributed by atoms with Crippen molar-refractivity contribution in [1.82, 2.24) is 10.3 Å². The van der Waals surface area contributed by atoms with Gasteiger partial charge in [0.25, 0.3) is 0 Å². The summed E-state index contributed by atoms with van der Waals surface area (Å²) in [6.07, 6.45) is -0.854. The zero-order chi connectivity index (χ0) is 14.6. The van der Waals surface area contributed by atoms with E-state index in [2.05, 4.69) is 10.3 Å². The van der Waals surface area contributed by atoms with Gasteiger partial charge in [-0.15, -0.1) is 0 Å². The van der Waals surface area contributed by atoms with Crippen LogP contribution in [0.2, 0.25) is 0 Å². The van der Waals surface area contributed by atoms with Crippen LogP contribution >= 0.6 is 0 Å². The smallest absolute Gasteiger partial charge is 0.306 e. The standard InChI is InChI=1S/C15H15F3N2/c1-11(13-6-8-19-9-7-13)20-10-12-2-4-14(5-3-12)15(16,17)18/h2-9,11,20H,10H2,1H3. The molecule has 0 saturated heterocycles. The average Bonchev–Trinajstić information content (AvgIpc) is 2.45. The van der Waals surface area contributed by atoms with Crippen molar-refractivity contribution in [1.29, 1.82) is 0 Å². The number of alkyl halides is 3. The van der Waals surface area contributed by atoms with Crippen molar-refractivity contribution in [2.24, 2.45) is 0 Å². The van der Waals surface area contributed by atoms with E-state index in [9.17, 15) is 13.2 Å². The molecule has 0 saturated carbocycles. The Balaban J connectivity index is 1.94. The van der Waals surface area contributed by atoms with Crippen LogP contribution in [0.4, 0.5) is 13.2 Å². The number of rotatable bonds is 4. The summed E-state index contributed by atoms with van der Waals surface area (Å²) in [5.74, 6) is 0. The number of benzene rings is 1. The zero-order valence-electron chi connectivity index (χ0n) is 11.0. The van der Waals surface area contributed by atoms with Gasteiger partial charge in [-0.1, -0.05) is 12.1 Å². The predicted octanol–water partition coefficient (Wildman–Crippen LogP) is 3.95. The second-order valence-electron chi connectivity index (χ2n) is 4.58. The van der Waals surface area contributed by atoms with E-state index >= 15 is 0 Å². The molecule has 2 nitrogen and oxygen atoms in total. The molecular formula is C15H15F3N2. The topological polar surface area (TPSA) is 24.9 Å². The van der Waals surface area contributed by atoms with Crippen LogP contribution in [-0.4, -0.2) is 4.98 Å². The Labute approximate surface area is 115 Å². The van der Waals surface area contributed by atoms with Crippen LogP contribution in [0.3, 0.4) is 0 Å². The lowest BCUT2D eigenvalue weighted by Gasteiger charge is -2.14. The van der Waals surface area contributed by atoms with Crippen LogP contribution in [0.5, 0.6) is 0 Å². The first-order valence-corrected chi connectivity index (χ1v) is 6.26. The van der Waals surface area contributed by atoms with Crippen LogP contribution in [0, 0.1) is 0 Å². The lowest BCUT2D eigenvalue weighted by molar-refractivity contribution is -0.137. The van der Waals surface area contributed by atoms with Gasteiger partial charge < -0.3 is 5.32 Å². The number of halogens is 3. The minimum atomic E-state index is -4.28. The third-order valence-corrected chi connectivity index (χ3v) is 3.10. The zero-order valence-corrected chi connectivity index (χ0v) is 11.0. The number of nitrogens with one attached hydrogen (secondary N) is 1. The molecule has 1 aromatic heterocycles. The maximum absolute atomic E-state index is 12.4. The molecule has 0 bridgehead atoms. The fraction of sp³-hybridized carbons (Fsp3) is 0.267. The van der Waals surface area contributed by atoms with E-state index < -0.39 is 11.7 Å². The summed E-state index contributed by atoms with van der Waals surface area (Å²) >= 11 is 0. The number of hydrogen-bond donors (Lipinski definition) is 1. The van der Waals surface area contributed by atoms with E-state index in [1.807, 2.05) is 19.1 Å². The van der Waals surface area contributed by atoms with Gasteiger partial charge in [-0.2, -0.15) is 13.2 Å². The molecular weight excluding hydrogens is 265 g/mol. The molecule has 0 amide bonds. The number of pyridine rings is 1. The van der Waals surface area contributed by atoms with Crippen molar-refractivity contribution in [2.45, 2.75) is 25.7 Å². The summed E-state index contributed by atoms with van der Waals surface area (Å²) in [6, 6.07) is 9.13. The normalized spacial score (nSPS) is 13.2. The second-order valence-corrected chi connectivity index (χ2v) is 4.58. The van der Waals surface area contributed by atoms with Crippen LogP contribution in [0.25, 0.3) is 0 Å². The molecule has 1 atom stereocenters. The molecule has 0 aliphatic heterocycles. The minimum Gasteiger partial charge on any atom is -0.306 e. The Hall–Kier alpha value is -1.88. The van der Waals surface area contributed by atoms with E-state index in [1.54, 1.807) is 12.4 Å². The van der Waals surface area contributed by atoms with E-state index in [-0.39, 0.29) is 6.04 Å². The van der Waals surface area contributed by atoms with Gasteiger partial charge in [0.2, 0.25) is 0 Å². The molecule has 0 fully saturated rings. The predicted molar refractivity (Wildman–Crippen MR) is 70.9 cm³/mol. The number of nitrogens with zero attached hydrogens (tertiary/aromatic N) is 1. The first kappa shape index (κ1) is 14.5. The fourth-order valence-corrected chi connectivity index (χ4v) is 1.85. The summed E-state index contributed by atoms with van der Waals surface area (Å²) in [6.45, 7) is 2.51. The molecule has 0 aliphatic carbocycles. The lowest BCUT2D eigenvalue weighted by Crippen LogP contribution is -2.18. The van der Waals surface area contributed by atoms with Crippen LogP contribution in [0.1, 0.15) is 29.7 Å². The number of hydrogen-bond acceptors (Lipinski definition) is 2. The first-order chi connectivity index (χ1) is 9.47. The summed E-state index contributed by atoms with van der Waals surface area (Å²) in [7, 11) is 0. The van der Waals surface area contributed by atoms with Gasteiger partial charge in [-0.05, 0) is 42.3 Å². The molecule has 1 heterocycles. The molecule has 0 aliphatic rings. The van der Waals surface area contributed by atoms with E-state index in [0.29, 0.717) is 6.54 Å². The Morgan fingerprint density at radius 1 is 1.05 bits per heavy atom. The van der Waals surface area contributed by atoms with Gasteiger partial charge >= 0.3 is 6.18 Å². The maximum atomic E-state index is 12.4. The maximum Gasteiger partial charge on any atom is 0.416 e. The van der Waals surface area contributed by atoms with E-state index in [4.69, 9.17) is 0 Å². The highest BCUT2D eigenvalue weighted by Crippen LogP contribution is 2.29. The van der Waals surface area contributed by atoms with Crippen molar-refractivity contribution in [3.8, 4) is 0 Å². The SMILES string of the molecule is CC(NCc1ccc(C(F)(F)F)cc1)c1ccncc1. The Morgan fingerprint density at radius 2 is 1.65 bits per heavy atom. The molecule has 0 spiro atoms. The summed E-state index contributed by atoms with van der Waals surface area (Å²) in [5.41, 5.74) is 1.29. The van der Waals surface area contributed by atoms with Gasteiger partial charge in [-0.3, -0.25) is 4.98 Å². The monoisotopic (exact) mass is 280 g/mol. The van der Waals surface area contributed by atoms with Crippen molar-refractivity contribution in [3.63, 3.8) is 0 Å². The van der Waals surface area contributed by atoms with Crippen molar-refractivity contribution in [3.05, 3.63) is 65.5 Å². The highest BCUT2D eigenvalue weighted by molar-refractivity contribution is 5.24. The van der Waals surface area contributed by atoms with Gasteiger partial charge in [0.15, 0.2) is 0 Å². The number of aromatic nitrogens is 1. The summed E-state index contributed by atoms with van der Waals surface area (Å²) < 4.78 is 37.3. The molecule has 2 aromatic rings. The molecule has 0 radical (unpaired) electrons. The third kappa shape index (κ3) is 3.81. The summed E-state index contributed by atoms with van der Waals surface area (Å²) in [5, 5.41) is 3.26. The van der Waals surface area contributed by atoms with Gasteiger partial charge in [0, 0.05) is 25.0 Å². The Kier molecular flexibility index (Phi) is 4.39. The second kappa shape index (κ2) is 6.05. The summed E-state index contributed by atoms with van der Waals surface area (Å²) in [4.78, 5) is 3.94. The quantitative estimate of drug-likeness (QED) is 0.917. The molecule has 106 valence electrons. The Morgan fingerprint density at radius 3 is 2.20 bits per heavy atom. The van der Waals surface area contributed by atoms with Gasteiger partial charge in [0.1, 0.15) is 0 Å². The van der Waals surface area contributed by atoms with Crippen LogP contribution < -0.4 is 5.32 Å². The first-order valence-electron chi connectivity index (χ1n) is 6.26. The van der Waals surface area contributed by atoms with Gasteiger partial charge in [-0.25, -0.2) is 0 Å². The minimum absolute atomic E-state index is 0.111. The third-order valence-electron chi connectivity index (χ3n) is 3.10. The molecule has 1 aromatic carbocycles.